The molecule has 2 aliphatic rings. The number of ether oxygens (including phenoxy) is 1. The molecule has 0 aliphatic carbocycles. The first-order valence-electron chi connectivity index (χ1n) is 8.67. The molecule has 0 aromatic heterocycles. The third-order valence-electron chi connectivity index (χ3n) is 5.29. The van der Waals surface area contributed by atoms with Crippen molar-refractivity contribution in [1.82, 2.24) is 9.80 Å². The van der Waals surface area contributed by atoms with Gasteiger partial charge in [0.1, 0.15) is 0 Å². The number of nitriles is 1. The average Bonchev–Trinajstić information content (AvgIpc) is 3.07. The van der Waals surface area contributed by atoms with Crippen LogP contribution in [0.3, 0.4) is 0 Å². The minimum Gasteiger partial charge on any atom is -0.383 e. The summed E-state index contributed by atoms with van der Waals surface area (Å²) in [5.41, 5.74) is 0.662. The summed E-state index contributed by atoms with van der Waals surface area (Å²) in [5, 5.41) is 8.86. The molecule has 1 atom stereocenters. The Morgan fingerprint density at radius 1 is 1.28 bits per heavy atom. The van der Waals surface area contributed by atoms with Gasteiger partial charge < -0.3 is 14.5 Å². The third-order valence-corrected chi connectivity index (χ3v) is 5.29. The van der Waals surface area contributed by atoms with E-state index in [0.717, 1.165) is 25.8 Å². The van der Waals surface area contributed by atoms with Gasteiger partial charge in [-0.1, -0.05) is 0 Å². The van der Waals surface area contributed by atoms with Crippen molar-refractivity contribution in [3.63, 3.8) is 0 Å². The highest BCUT2D eigenvalue weighted by atomic mass is 16.5. The minimum atomic E-state index is -0.436. The van der Waals surface area contributed by atoms with E-state index in [0.29, 0.717) is 37.4 Å². The van der Waals surface area contributed by atoms with Crippen LogP contribution in [0, 0.1) is 16.7 Å². The van der Waals surface area contributed by atoms with Gasteiger partial charge in [0.25, 0.3) is 5.91 Å². The molecule has 2 fully saturated rings. The van der Waals surface area contributed by atoms with E-state index >= 15 is 0 Å². The molecule has 1 aromatic rings. The van der Waals surface area contributed by atoms with Crippen LogP contribution in [0.1, 0.15) is 35.2 Å². The molecule has 6 nitrogen and oxygen atoms in total. The van der Waals surface area contributed by atoms with E-state index in [9.17, 15) is 9.59 Å². The number of hydrogen-bond donors (Lipinski definition) is 0. The van der Waals surface area contributed by atoms with Crippen LogP contribution in [-0.2, 0) is 9.53 Å². The zero-order chi connectivity index (χ0) is 17.9. The maximum atomic E-state index is 12.9. The highest BCUT2D eigenvalue weighted by Gasteiger charge is 2.49. The third kappa shape index (κ3) is 3.38. The molecule has 0 radical (unpaired) electrons. The average molecular weight is 341 g/mol. The lowest BCUT2D eigenvalue weighted by Gasteiger charge is -2.39. The summed E-state index contributed by atoms with van der Waals surface area (Å²) in [6.07, 6.45) is 2.53. The fourth-order valence-corrected chi connectivity index (χ4v) is 3.86. The number of carbonyl (C=O) groups excluding carboxylic acids is 2. The molecular weight excluding hydrogens is 318 g/mol. The molecule has 1 spiro atoms. The number of amides is 2. The van der Waals surface area contributed by atoms with E-state index in [1.165, 1.54) is 0 Å². The second-order valence-corrected chi connectivity index (χ2v) is 6.83. The van der Waals surface area contributed by atoms with Crippen molar-refractivity contribution >= 4 is 11.8 Å². The van der Waals surface area contributed by atoms with Crippen LogP contribution in [0.2, 0.25) is 0 Å². The minimum absolute atomic E-state index is 0.0665. The Kier molecular flexibility index (Phi) is 5.05. The summed E-state index contributed by atoms with van der Waals surface area (Å²) >= 11 is 0. The van der Waals surface area contributed by atoms with Crippen molar-refractivity contribution in [1.29, 1.82) is 5.26 Å². The molecule has 2 heterocycles. The molecule has 6 heteroatoms. The molecule has 2 saturated heterocycles. The second-order valence-electron chi connectivity index (χ2n) is 6.83. The molecule has 1 aromatic carbocycles. The predicted octanol–water partition coefficient (Wildman–Crippen LogP) is 1.66. The van der Waals surface area contributed by atoms with Crippen LogP contribution in [0.4, 0.5) is 0 Å². The Morgan fingerprint density at radius 3 is 2.72 bits per heavy atom. The van der Waals surface area contributed by atoms with Crippen LogP contribution >= 0.6 is 0 Å². The summed E-state index contributed by atoms with van der Waals surface area (Å²) in [5.74, 6) is 0.0918. The van der Waals surface area contributed by atoms with Crippen LogP contribution in [-0.4, -0.2) is 61.5 Å². The first-order valence-corrected chi connectivity index (χ1v) is 8.67. The molecule has 3 rings (SSSR count). The number of rotatable bonds is 4. The van der Waals surface area contributed by atoms with E-state index in [1.807, 2.05) is 4.90 Å². The van der Waals surface area contributed by atoms with Crippen molar-refractivity contribution in [3.8, 4) is 6.07 Å². The predicted molar refractivity (Wildman–Crippen MR) is 91.8 cm³/mol. The highest BCUT2D eigenvalue weighted by Crippen LogP contribution is 2.40. The number of methoxy groups -OCH3 is 1. The Hall–Kier alpha value is -2.39. The zero-order valence-corrected chi connectivity index (χ0v) is 14.5. The quantitative estimate of drug-likeness (QED) is 0.835. The Morgan fingerprint density at radius 2 is 2.04 bits per heavy atom. The maximum Gasteiger partial charge on any atom is 0.253 e. The molecule has 0 N–H and O–H groups in total. The van der Waals surface area contributed by atoms with Gasteiger partial charge in [-0.2, -0.15) is 5.26 Å². The van der Waals surface area contributed by atoms with Gasteiger partial charge in [0.2, 0.25) is 5.91 Å². The van der Waals surface area contributed by atoms with Crippen molar-refractivity contribution < 1.29 is 14.3 Å². The Labute approximate surface area is 148 Å². The monoisotopic (exact) mass is 341 g/mol. The molecule has 0 unspecified atom stereocenters. The number of hydrogen-bond acceptors (Lipinski definition) is 4. The van der Waals surface area contributed by atoms with E-state index in [1.54, 1.807) is 36.3 Å². The highest BCUT2D eigenvalue weighted by molar-refractivity contribution is 5.95. The Balaban J connectivity index is 1.70. The first kappa shape index (κ1) is 17.4. The van der Waals surface area contributed by atoms with Crippen LogP contribution in [0.15, 0.2) is 24.3 Å². The summed E-state index contributed by atoms with van der Waals surface area (Å²) in [6, 6.07) is 8.71. The van der Waals surface area contributed by atoms with Crippen molar-refractivity contribution in [2.75, 3.05) is 39.9 Å². The lowest BCUT2D eigenvalue weighted by Crippen LogP contribution is -2.51. The van der Waals surface area contributed by atoms with Gasteiger partial charge in [0.15, 0.2) is 0 Å². The van der Waals surface area contributed by atoms with E-state index < -0.39 is 5.41 Å². The summed E-state index contributed by atoms with van der Waals surface area (Å²) in [6.45, 7) is 3.00. The number of likely N-dealkylation sites (tertiary alicyclic amines) is 2. The van der Waals surface area contributed by atoms with Gasteiger partial charge in [0.05, 0.1) is 23.7 Å². The molecule has 132 valence electrons. The van der Waals surface area contributed by atoms with Gasteiger partial charge in [-0.25, -0.2) is 0 Å². The molecule has 2 amide bonds. The lowest BCUT2D eigenvalue weighted by atomic mass is 9.78. The van der Waals surface area contributed by atoms with Gasteiger partial charge in [-0.05, 0) is 43.5 Å². The normalized spacial score (nSPS) is 23.1. The number of piperidine rings is 1. The fourth-order valence-electron chi connectivity index (χ4n) is 3.86. The molecule has 0 bridgehead atoms. The number of benzene rings is 1. The first-order chi connectivity index (χ1) is 12.1. The summed E-state index contributed by atoms with van der Waals surface area (Å²) in [7, 11) is 1.64. The second kappa shape index (κ2) is 7.24. The largest absolute Gasteiger partial charge is 0.383 e. The smallest absolute Gasteiger partial charge is 0.253 e. The lowest BCUT2D eigenvalue weighted by molar-refractivity contribution is -0.146. The van der Waals surface area contributed by atoms with Gasteiger partial charge in [-0.3, -0.25) is 9.59 Å². The number of nitrogens with zero attached hydrogens (tertiary/aromatic N) is 3. The van der Waals surface area contributed by atoms with Gasteiger partial charge in [0, 0.05) is 38.9 Å². The maximum absolute atomic E-state index is 12.9. The van der Waals surface area contributed by atoms with Gasteiger partial charge in [-0.15, -0.1) is 0 Å². The molecule has 0 saturated carbocycles. The Bertz CT molecular complexity index is 695. The van der Waals surface area contributed by atoms with E-state index in [-0.39, 0.29) is 11.8 Å². The molecule has 2 aliphatic heterocycles. The number of carbonyl (C=O) groups is 2. The standard InChI is InChI=1S/C19H23N3O3/c1-25-12-11-21-9-2-7-19(18(21)24)8-10-22(14-19)17(23)16-5-3-15(13-20)4-6-16/h3-6H,2,7-12,14H2,1H3/t19-/m0/s1. The molecular formula is C19H23N3O3. The van der Waals surface area contributed by atoms with Crippen molar-refractivity contribution in [3.05, 3.63) is 35.4 Å². The van der Waals surface area contributed by atoms with Crippen molar-refractivity contribution in [2.24, 2.45) is 5.41 Å². The van der Waals surface area contributed by atoms with Gasteiger partial charge >= 0.3 is 0 Å². The van der Waals surface area contributed by atoms with Crippen molar-refractivity contribution in [2.45, 2.75) is 19.3 Å². The van der Waals surface area contributed by atoms with E-state index in [4.69, 9.17) is 10.00 Å². The SMILES string of the molecule is COCCN1CCC[C@@]2(CCN(C(=O)c3ccc(C#N)cc3)C2)C1=O. The van der Waals surface area contributed by atoms with Crippen LogP contribution in [0.25, 0.3) is 0 Å². The molecule has 25 heavy (non-hydrogen) atoms. The summed E-state index contributed by atoms with van der Waals surface area (Å²) < 4.78 is 5.10. The van der Waals surface area contributed by atoms with Crippen LogP contribution in [0.5, 0.6) is 0 Å². The summed E-state index contributed by atoms with van der Waals surface area (Å²) in [4.78, 5) is 29.3. The van der Waals surface area contributed by atoms with Crippen LogP contribution < -0.4 is 0 Å². The fraction of sp³-hybridized carbons (Fsp3) is 0.526. The topological polar surface area (TPSA) is 73.6 Å². The zero-order valence-electron chi connectivity index (χ0n) is 14.5. The van der Waals surface area contributed by atoms with E-state index in [2.05, 4.69) is 6.07 Å².